The van der Waals surface area contributed by atoms with Crippen LogP contribution in [0.15, 0.2) is 11.8 Å². The van der Waals surface area contributed by atoms with Gasteiger partial charge >= 0.3 is 0 Å². The predicted molar refractivity (Wildman–Crippen MR) is 50.9 cm³/mol. The van der Waals surface area contributed by atoms with Crippen molar-refractivity contribution in [2.75, 3.05) is 13.7 Å². The van der Waals surface area contributed by atoms with Crippen LogP contribution in [0, 0.1) is 0 Å². The molecule has 1 aliphatic rings. The number of nitrogens with two attached hydrogens (primary N) is 1. The maximum Gasteiger partial charge on any atom is 0.110 e. The van der Waals surface area contributed by atoms with Crippen molar-refractivity contribution in [3.05, 3.63) is 11.8 Å². The van der Waals surface area contributed by atoms with Crippen molar-refractivity contribution in [3.8, 4) is 0 Å². The van der Waals surface area contributed by atoms with E-state index in [9.17, 15) is 0 Å². The Hall–Kier alpha value is -0.580. The lowest BCUT2D eigenvalue weighted by Gasteiger charge is -2.20. The molecule has 0 saturated heterocycles. The van der Waals surface area contributed by atoms with Gasteiger partial charge in [0.05, 0.1) is 18.8 Å². The third kappa shape index (κ3) is 2.99. The Labute approximate surface area is 79.1 Å². The van der Waals surface area contributed by atoms with E-state index in [-0.39, 0.29) is 12.1 Å². The number of methoxy groups -OCH3 is 1. The summed E-state index contributed by atoms with van der Waals surface area (Å²) >= 11 is 0. The van der Waals surface area contributed by atoms with Crippen molar-refractivity contribution in [1.29, 1.82) is 0 Å². The van der Waals surface area contributed by atoms with Gasteiger partial charge in [-0.2, -0.15) is 0 Å². The summed E-state index contributed by atoms with van der Waals surface area (Å²) in [4.78, 5) is 0. The molecule has 2 unspecified atom stereocenters. The minimum atomic E-state index is 0.0810. The fourth-order valence-corrected chi connectivity index (χ4v) is 1.37. The molecule has 0 saturated carbocycles. The molecule has 4 nitrogen and oxygen atoms in total. The van der Waals surface area contributed by atoms with E-state index in [4.69, 9.17) is 15.3 Å². The zero-order valence-electron chi connectivity index (χ0n) is 8.25. The first kappa shape index (κ1) is 10.5. The lowest BCUT2D eigenvalue weighted by Crippen LogP contribution is -2.39. The Morgan fingerprint density at radius 2 is 2.54 bits per heavy atom. The van der Waals surface area contributed by atoms with Gasteiger partial charge in [-0.25, -0.2) is 5.43 Å². The molecule has 0 aromatic rings. The van der Waals surface area contributed by atoms with E-state index >= 15 is 0 Å². The van der Waals surface area contributed by atoms with Gasteiger partial charge in [-0.05, 0) is 19.4 Å². The lowest BCUT2D eigenvalue weighted by molar-refractivity contribution is 0.0947. The number of ether oxygens (including phenoxy) is 2. The highest BCUT2D eigenvalue weighted by Crippen LogP contribution is 2.17. The van der Waals surface area contributed by atoms with Crippen LogP contribution in [0.5, 0.6) is 0 Å². The van der Waals surface area contributed by atoms with Crippen LogP contribution in [0.2, 0.25) is 0 Å². The van der Waals surface area contributed by atoms with Gasteiger partial charge < -0.3 is 9.47 Å². The van der Waals surface area contributed by atoms with E-state index < -0.39 is 0 Å². The summed E-state index contributed by atoms with van der Waals surface area (Å²) < 4.78 is 10.6. The molecular formula is C9H18N2O2. The van der Waals surface area contributed by atoms with Crippen LogP contribution >= 0.6 is 0 Å². The average molecular weight is 186 g/mol. The van der Waals surface area contributed by atoms with E-state index in [1.807, 2.05) is 6.92 Å². The molecule has 1 aliphatic heterocycles. The topological polar surface area (TPSA) is 56.5 Å². The van der Waals surface area contributed by atoms with Crippen molar-refractivity contribution in [2.45, 2.75) is 31.9 Å². The highest BCUT2D eigenvalue weighted by atomic mass is 16.5. The van der Waals surface area contributed by atoms with Gasteiger partial charge in [-0.15, -0.1) is 0 Å². The highest BCUT2D eigenvalue weighted by molar-refractivity contribution is 5.06. The van der Waals surface area contributed by atoms with E-state index in [0.29, 0.717) is 0 Å². The summed E-state index contributed by atoms with van der Waals surface area (Å²) in [5.74, 6) is 6.38. The van der Waals surface area contributed by atoms with Crippen molar-refractivity contribution in [3.63, 3.8) is 0 Å². The highest BCUT2D eigenvalue weighted by Gasteiger charge is 2.19. The zero-order valence-corrected chi connectivity index (χ0v) is 8.25. The van der Waals surface area contributed by atoms with Crippen LogP contribution in [0.1, 0.15) is 19.8 Å². The molecule has 1 rings (SSSR count). The Morgan fingerprint density at radius 3 is 3.00 bits per heavy atom. The smallest absolute Gasteiger partial charge is 0.110 e. The first-order chi connectivity index (χ1) is 6.27. The van der Waals surface area contributed by atoms with E-state index in [1.54, 1.807) is 7.11 Å². The Morgan fingerprint density at radius 1 is 1.77 bits per heavy atom. The van der Waals surface area contributed by atoms with Gasteiger partial charge in [-0.1, -0.05) is 0 Å². The second-order valence-corrected chi connectivity index (χ2v) is 3.24. The minimum Gasteiger partial charge on any atom is -0.496 e. The SMILES string of the molecule is COC(C)CC(NN)C1=CCCO1. The number of hydrogen-bond donors (Lipinski definition) is 2. The van der Waals surface area contributed by atoms with Gasteiger partial charge in [0.2, 0.25) is 0 Å². The van der Waals surface area contributed by atoms with Crippen LogP contribution in [-0.2, 0) is 9.47 Å². The number of nitrogens with one attached hydrogen (secondary N) is 1. The van der Waals surface area contributed by atoms with Gasteiger partial charge in [0, 0.05) is 13.5 Å². The number of hydrogen-bond acceptors (Lipinski definition) is 4. The monoisotopic (exact) mass is 186 g/mol. The predicted octanol–water partition coefficient (Wildman–Crippen LogP) is 0.548. The van der Waals surface area contributed by atoms with Crippen molar-refractivity contribution < 1.29 is 9.47 Å². The van der Waals surface area contributed by atoms with Crippen LogP contribution in [0.25, 0.3) is 0 Å². The van der Waals surface area contributed by atoms with E-state index in [2.05, 4.69) is 11.5 Å². The third-order valence-corrected chi connectivity index (χ3v) is 2.25. The molecule has 0 aromatic heterocycles. The second-order valence-electron chi connectivity index (χ2n) is 3.24. The van der Waals surface area contributed by atoms with Crippen LogP contribution in [-0.4, -0.2) is 25.9 Å². The van der Waals surface area contributed by atoms with Gasteiger partial charge in [-0.3, -0.25) is 5.84 Å². The summed E-state index contributed by atoms with van der Waals surface area (Å²) in [5, 5.41) is 0. The molecule has 76 valence electrons. The molecule has 0 fully saturated rings. The van der Waals surface area contributed by atoms with E-state index in [1.165, 1.54) is 0 Å². The number of rotatable bonds is 5. The first-order valence-electron chi connectivity index (χ1n) is 4.59. The lowest BCUT2D eigenvalue weighted by atomic mass is 10.1. The number of hydrazine groups is 1. The largest absolute Gasteiger partial charge is 0.496 e. The van der Waals surface area contributed by atoms with Crippen molar-refractivity contribution >= 4 is 0 Å². The molecule has 13 heavy (non-hydrogen) atoms. The van der Waals surface area contributed by atoms with Crippen molar-refractivity contribution in [1.82, 2.24) is 5.43 Å². The average Bonchev–Trinajstić information content (AvgIpc) is 2.66. The zero-order chi connectivity index (χ0) is 9.68. The normalized spacial score (nSPS) is 20.7. The molecule has 1 heterocycles. The molecule has 2 atom stereocenters. The summed E-state index contributed by atoms with van der Waals surface area (Å²) in [5.41, 5.74) is 2.74. The molecule has 0 amide bonds. The van der Waals surface area contributed by atoms with Gasteiger partial charge in [0.15, 0.2) is 0 Å². The summed E-state index contributed by atoms with van der Waals surface area (Å²) in [7, 11) is 1.70. The summed E-state index contributed by atoms with van der Waals surface area (Å²) in [6.45, 7) is 2.79. The molecule has 0 radical (unpaired) electrons. The molecule has 0 spiro atoms. The standard InChI is InChI=1S/C9H18N2O2/c1-7(12-2)6-8(11-10)9-4-3-5-13-9/h4,7-8,11H,3,5-6,10H2,1-2H3. The molecule has 0 bridgehead atoms. The summed E-state index contributed by atoms with van der Waals surface area (Å²) in [6, 6.07) is 0.0810. The van der Waals surface area contributed by atoms with Crippen LogP contribution in [0.3, 0.4) is 0 Å². The van der Waals surface area contributed by atoms with Gasteiger partial charge in [0.1, 0.15) is 5.76 Å². The Kier molecular flexibility index (Phi) is 4.21. The first-order valence-corrected chi connectivity index (χ1v) is 4.59. The molecule has 0 aliphatic carbocycles. The van der Waals surface area contributed by atoms with E-state index in [0.717, 1.165) is 25.2 Å². The molecule has 4 heteroatoms. The minimum absolute atomic E-state index is 0.0810. The molecule has 3 N–H and O–H groups in total. The van der Waals surface area contributed by atoms with Crippen LogP contribution in [0.4, 0.5) is 0 Å². The Bertz CT molecular complexity index is 182. The molecular weight excluding hydrogens is 168 g/mol. The van der Waals surface area contributed by atoms with Gasteiger partial charge in [0.25, 0.3) is 0 Å². The summed E-state index contributed by atoms with van der Waals surface area (Å²) in [6.07, 6.45) is 4.08. The second kappa shape index (κ2) is 5.21. The third-order valence-electron chi connectivity index (χ3n) is 2.25. The molecule has 0 aromatic carbocycles. The van der Waals surface area contributed by atoms with Crippen LogP contribution < -0.4 is 11.3 Å². The van der Waals surface area contributed by atoms with Crippen molar-refractivity contribution in [2.24, 2.45) is 5.84 Å². The Balaban J connectivity index is 2.42. The maximum absolute atomic E-state index is 5.43. The quantitative estimate of drug-likeness (QED) is 0.486. The maximum atomic E-state index is 5.43. The fraction of sp³-hybridized carbons (Fsp3) is 0.778. The fourth-order valence-electron chi connectivity index (χ4n) is 1.37.